The number of para-hydroxylation sites is 1. The molecule has 2 aromatic carbocycles. The molecule has 0 aliphatic rings. The highest BCUT2D eigenvalue weighted by Gasteiger charge is 2.13. The zero-order valence-corrected chi connectivity index (χ0v) is 17.1. The van der Waals surface area contributed by atoms with Gasteiger partial charge in [0.05, 0.1) is 21.5 Å². The largest absolute Gasteiger partial charge is 0.338 e. The van der Waals surface area contributed by atoms with Gasteiger partial charge >= 0.3 is 0 Å². The first kappa shape index (κ1) is 19.0. The highest BCUT2D eigenvalue weighted by atomic mass is 35.5. The Kier molecular flexibility index (Phi) is 5.39. The molecule has 2 heterocycles. The average Bonchev–Trinajstić information content (AvgIpc) is 3.06. The molecule has 0 aliphatic heterocycles. The molecule has 1 amide bonds. The van der Waals surface area contributed by atoms with E-state index in [1.165, 1.54) is 17.3 Å². The molecule has 0 radical (unpaired) electrons. The molecule has 6 nitrogen and oxygen atoms in total. The van der Waals surface area contributed by atoms with E-state index in [1.54, 1.807) is 18.2 Å². The van der Waals surface area contributed by atoms with E-state index >= 15 is 0 Å². The molecule has 0 saturated heterocycles. The number of nitrogens with zero attached hydrogens (tertiary/aromatic N) is 3. The summed E-state index contributed by atoms with van der Waals surface area (Å²) in [4.78, 5) is 20.0. The van der Waals surface area contributed by atoms with Gasteiger partial charge in [-0.1, -0.05) is 54.0 Å². The number of H-pyrrole nitrogens is 1. The number of hydrogen-bond acceptors (Lipinski definition) is 5. The number of halogens is 2. The van der Waals surface area contributed by atoms with Gasteiger partial charge in [0.2, 0.25) is 11.1 Å². The van der Waals surface area contributed by atoms with E-state index in [-0.39, 0.29) is 11.7 Å². The number of carbonyl (C=O) groups is 1. The van der Waals surface area contributed by atoms with Gasteiger partial charge < -0.3 is 10.3 Å². The van der Waals surface area contributed by atoms with Crippen molar-refractivity contribution in [2.24, 2.45) is 0 Å². The SMILES string of the molecule is CCc1ccc2[nH]c3nc(SCC(=O)Nc4c(Cl)cccc4Cl)nnc3c2c1. The molecule has 4 rings (SSSR count). The lowest BCUT2D eigenvalue weighted by atomic mass is 10.1. The second kappa shape index (κ2) is 7.95. The van der Waals surface area contributed by atoms with Crippen molar-refractivity contribution in [1.29, 1.82) is 0 Å². The molecule has 4 aromatic rings. The normalized spacial score (nSPS) is 11.2. The third-order valence-corrected chi connectivity index (χ3v) is 5.69. The Labute approximate surface area is 175 Å². The monoisotopic (exact) mass is 431 g/mol. The number of anilines is 1. The maximum absolute atomic E-state index is 12.2. The molecule has 0 bridgehead atoms. The quantitative estimate of drug-likeness (QED) is 0.429. The Morgan fingerprint density at radius 2 is 1.96 bits per heavy atom. The minimum atomic E-state index is -0.257. The van der Waals surface area contributed by atoms with Crippen LogP contribution in [0, 0.1) is 0 Å². The van der Waals surface area contributed by atoms with Crippen molar-refractivity contribution in [3.63, 3.8) is 0 Å². The zero-order valence-electron chi connectivity index (χ0n) is 14.8. The molecule has 0 saturated carbocycles. The van der Waals surface area contributed by atoms with Gasteiger partial charge in [-0.05, 0) is 36.2 Å². The number of fused-ring (bicyclic) bond motifs is 3. The van der Waals surface area contributed by atoms with Crippen LogP contribution < -0.4 is 5.32 Å². The summed E-state index contributed by atoms with van der Waals surface area (Å²) in [5.74, 6) is -0.150. The Morgan fingerprint density at radius 1 is 1.18 bits per heavy atom. The van der Waals surface area contributed by atoms with E-state index in [0.717, 1.165) is 22.8 Å². The van der Waals surface area contributed by atoms with Gasteiger partial charge in [0.15, 0.2) is 5.65 Å². The third kappa shape index (κ3) is 3.78. The smallest absolute Gasteiger partial charge is 0.234 e. The number of aromatic amines is 1. The number of rotatable bonds is 5. The van der Waals surface area contributed by atoms with Crippen molar-refractivity contribution < 1.29 is 4.79 Å². The Morgan fingerprint density at radius 3 is 2.71 bits per heavy atom. The van der Waals surface area contributed by atoms with Crippen molar-refractivity contribution >= 4 is 68.6 Å². The lowest BCUT2D eigenvalue weighted by molar-refractivity contribution is -0.113. The summed E-state index contributed by atoms with van der Waals surface area (Å²) in [7, 11) is 0. The number of thioether (sulfide) groups is 1. The van der Waals surface area contributed by atoms with Gasteiger partial charge in [-0.25, -0.2) is 4.98 Å². The van der Waals surface area contributed by atoms with E-state index < -0.39 is 0 Å². The van der Waals surface area contributed by atoms with E-state index in [9.17, 15) is 4.79 Å². The number of benzene rings is 2. The number of aromatic nitrogens is 4. The van der Waals surface area contributed by atoms with Gasteiger partial charge in [0.1, 0.15) is 5.52 Å². The highest BCUT2D eigenvalue weighted by molar-refractivity contribution is 7.99. The molecule has 142 valence electrons. The fourth-order valence-electron chi connectivity index (χ4n) is 2.81. The average molecular weight is 432 g/mol. The van der Waals surface area contributed by atoms with Crippen LogP contribution in [-0.4, -0.2) is 31.8 Å². The molecule has 0 aliphatic carbocycles. The molecular weight excluding hydrogens is 417 g/mol. The van der Waals surface area contributed by atoms with Crippen molar-refractivity contribution in [1.82, 2.24) is 20.2 Å². The molecule has 0 atom stereocenters. The van der Waals surface area contributed by atoms with Gasteiger partial charge in [-0.3, -0.25) is 4.79 Å². The number of carbonyl (C=O) groups excluding carboxylic acids is 1. The van der Waals surface area contributed by atoms with Crippen LogP contribution in [0.4, 0.5) is 5.69 Å². The van der Waals surface area contributed by atoms with Crippen LogP contribution >= 0.6 is 35.0 Å². The molecule has 2 N–H and O–H groups in total. The van der Waals surface area contributed by atoms with Gasteiger partial charge in [0.25, 0.3) is 0 Å². The first-order valence-corrected chi connectivity index (χ1v) is 10.3. The zero-order chi connectivity index (χ0) is 19.7. The van der Waals surface area contributed by atoms with Crippen LogP contribution in [0.1, 0.15) is 12.5 Å². The minimum Gasteiger partial charge on any atom is -0.338 e. The second-order valence-corrected chi connectivity index (χ2v) is 7.84. The van der Waals surface area contributed by atoms with Crippen molar-refractivity contribution in [2.45, 2.75) is 18.5 Å². The number of hydrogen-bond donors (Lipinski definition) is 2. The summed E-state index contributed by atoms with van der Waals surface area (Å²) >= 11 is 13.3. The summed E-state index contributed by atoms with van der Waals surface area (Å²) in [6.07, 6.45) is 0.946. The molecule has 0 unspecified atom stereocenters. The summed E-state index contributed by atoms with van der Waals surface area (Å²) in [5, 5.41) is 13.3. The van der Waals surface area contributed by atoms with E-state index in [0.29, 0.717) is 26.5 Å². The van der Waals surface area contributed by atoms with E-state index in [4.69, 9.17) is 23.2 Å². The molecule has 0 spiro atoms. The number of nitrogens with one attached hydrogen (secondary N) is 2. The van der Waals surface area contributed by atoms with Crippen LogP contribution in [0.25, 0.3) is 22.1 Å². The molecule has 2 aromatic heterocycles. The maximum Gasteiger partial charge on any atom is 0.234 e. The topological polar surface area (TPSA) is 83.6 Å². The molecule has 0 fully saturated rings. The first-order valence-electron chi connectivity index (χ1n) is 8.57. The van der Waals surface area contributed by atoms with Crippen LogP contribution in [0.5, 0.6) is 0 Å². The Hall–Kier alpha value is -2.35. The summed E-state index contributed by atoms with van der Waals surface area (Å²) in [6, 6.07) is 11.2. The summed E-state index contributed by atoms with van der Waals surface area (Å²) in [5.41, 5.74) is 3.95. The first-order chi connectivity index (χ1) is 13.5. The Bertz CT molecular complexity index is 1170. The maximum atomic E-state index is 12.2. The highest BCUT2D eigenvalue weighted by Crippen LogP contribution is 2.30. The lowest BCUT2D eigenvalue weighted by Gasteiger charge is -2.08. The van der Waals surface area contributed by atoms with Crippen LogP contribution in [0.2, 0.25) is 10.0 Å². The fraction of sp³-hybridized carbons (Fsp3) is 0.158. The van der Waals surface area contributed by atoms with Crippen molar-refractivity contribution in [3.05, 3.63) is 52.0 Å². The standard InChI is InChI=1S/C19H15Cl2N5OS/c1-2-10-6-7-14-11(8-10)16-18(22-14)24-19(26-25-16)28-9-15(27)23-17-12(20)4-3-5-13(17)21/h3-8H,2,9H2,1H3,(H,23,27)(H,22,24,26). The molecular formula is C19H15Cl2N5OS. The van der Waals surface area contributed by atoms with E-state index in [1.807, 2.05) is 6.07 Å². The number of amides is 1. The predicted octanol–water partition coefficient (Wildman–Crippen LogP) is 5.11. The minimum absolute atomic E-state index is 0.106. The van der Waals surface area contributed by atoms with E-state index in [2.05, 4.69) is 44.5 Å². The van der Waals surface area contributed by atoms with Crippen LogP contribution in [-0.2, 0) is 11.2 Å². The Balaban J connectivity index is 1.50. The van der Waals surface area contributed by atoms with Crippen molar-refractivity contribution in [2.75, 3.05) is 11.1 Å². The summed E-state index contributed by atoms with van der Waals surface area (Å²) in [6.45, 7) is 2.11. The third-order valence-electron chi connectivity index (χ3n) is 4.23. The van der Waals surface area contributed by atoms with Gasteiger partial charge in [0, 0.05) is 10.9 Å². The van der Waals surface area contributed by atoms with Crippen LogP contribution in [0.3, 0.4) is 0 Å². The summed E-state index contributed by atoms with van der Waals surface area (Å²) < 4.78 is 0. The fourth-order valence-corrected chi connectivity index (χ4v) is 3.89. The lowest BCUT2D eigenvalue weighted by Crippen LogP contribution is -2.15. The second-order valence-electron chi connectivity index (χ2n) is 6.08. The van der Waals surface area contributed by atoms with Crippen molar-refractivity contribution in [3.8, 4) is 0 Å². The van der Waals surface area contributed by atoms with Gasteiger partial charge in [-0.15, -0.1) is 10.2 Å². The van der Waals surface area contributed by atoms with Crippen LogP contribution in [0.15, 0.2) is 41.6 Å². The van der Waals surface area contributed by atoms with Gasteiger partial charge in [-0.2, -0.15) is 0 Å². The number of aryl methyl sites for hydroxylation is 1. The molecule has 28 heavy (non-hydrogen) atoms. The molecule has 9 heteroatoms. The predicted molar refractivity (Wildman–Crippen MR) is 114 cm³/mol.